The van der Waals surface area contributed by atoms with Gasteiger partial charge in [0.2, 0.25) is 21.8 Å². The Labute approximate surface area is 200 Å². The first-order chi connectivity index (χ1) is 16.3. The Balaban J connectivity index is 1.96. The minimum absolute atomic E-state index is 0.173. The summed E-state index contributed by atoms with van der Waals surface area (Å²) in [4.78, 5) is 27.6. The lowest BCUT2D eigenvalue weighted by atomic mass is 10.1. The molecule has 9 nitrogen and oxygen atoms in total. The van der Waals surface area contributed by atoms with Gasteiger partial charge in [-0.2, -0.15) is 0 Å². The number of hydrogen-bond donors (Lipinski definition) is 1. The van der Waals surface area contributed by atoms with Crippen LogP contribution >= 0.6 is 0 Å². The van der Waals surface area contributed by atoms with E-state index in [2.05, 4.69) is 5.32 Å². The van der Waals surface area contributed by atoms with Gasteiger partial charge >= 0.3 is 0 Å². The van der Waals surface area contributed by atoms with Crippen LogP contribution in [0.3, 0.4) is 0 Å². The molecule has 0 saturated heterocycles. The summed E-state index contributed by atoms with van der Waals surface area (Å²) in [5.74, 6) is -0.0423. The topological polar surface area (TPSA) is 105 Å². The van der Waals surface area contributed by atoms with Crippen molar-refractivity contribution in [1.29, 1.82) is 0 Å². The molecule has 0 spiro atoms. The second-order valence-corrected chi connectivity index (χ2v) is 9.96. The van der Waals surface area contributed by atoms with Crippen LogP contribution < -0.4 is 19.1 Å². The van der Waals surface area contributed by atoms with Crippen molar-refractivity contribution in [3.05, 3.63) is 54.1 Å². The number of carbonyl (C=O) groups excluding carboxylic acids is 2. The van der Waals surface area contributed by atoms with Crippen LogP contribution in [-0.4, -0.2) is 63.7 Å². The number of hydrogen-bond acceptors (Lipinski definition) is 6. The highest BCUT2D eigenvalue weighted by molar-refractivity contribution is 7.92. The number of carbonyl (C=O) groups is 2. The molecular formula is C24H31N3O6S. The highest BCUT2D eigenvalue weighted by Gasteiger charge is 2.32. The Hall–Kier alpha value is -3.27. The van der Waals surface area contributed by atoms with Gasteiger partial charge in [0.25, 0.3) is 0 Å². The average molecular weight is 490 g/mol. The zero-order chi connectivity index (χ0) is 24.7. The lowest BCUT2D eigenvalue weighted by molar-refractivity contribution is -0.140. The number of fused-ring (bicyclic) bond motifs is 1. The van der Waals surface area contributed by atoms with E-state index in [-0.39, 0.29) is 18.2 Å². The highest BCUT2D eigenvalue weighted by atomic mass is 32.2. The predicted octanol–water partition coefficient (Wildman–Crippen LogP) is 2.17. The van der Waals surface area contributed by atoms with E-state index in [1.807, 2.05) is 37.3 Å². The molecule has 0 bridgehead atoms. The quantitative estimate of drug-likeness (QED) is 0.548. The molecule has 0 saturated carbocycles. The van der Waals surface area contributed by atoms with E-state index in [1.54, 1.807) is 18.2 Å². The molecule has 1 atom stereocenters. The van der Waals surface area contributed by atoms with E-state index in [0.29, 0.717) is 36.8 Å². The first-order valence-electron chi connectivity index (χ1n) is 11.3. The van der Waals surface area contributed by atoms with Gasteiger partial charge in [0.15, 0.2) is 11.5 Å². The van der Waals surface area contributed by atoms with Crippen molar-refractivity contribution in [3.63, 3.8) is 0 Å². The number of sulfonamides is 1. The van der Waals surface area contributed by atoms with Crippen molar-refractivity contribution in [1.82, 2.24) is 10.2 Å². The number of nitrogens with one attached hydrogen (secondary N) is 1. The molecule has 3 rings (SSSR count). The van der Waals surface area contributed by atoms with Crippen LogP contribution in [0.5, 0.6) is 11.5 Å². The molecule has 1 N–H and O–H groups in total. The summed E-state index contributed by atoms with van der Waals surface area (Å²) in [5.41, 5.74) is 1.13. The van der Waals surface area contributed by atoms with Gasteiger partial charge < -0.3 is 19.7 Å². The number of rotatable bonds is 10. The number of nitrogens with zero attached hydrogens (tertiary/aromatic N) is 2. The molecular weight excluding hydrogens is 458 g/mol. The molecule has 10 heteroatoms. The molecule has 1 heterocycles. The van der Waals surface area contributed by atoms with Gasteiger partial charge in [0.05, 0.1) is 11.4 Å². The van der Waals surface area contributed by atoms with Crippen LogP contribution in [0.2, 0.25) is 0 Å². The summed E-state index contributed by atoms with van der Waals surface area (Å²) in [6.07, 6.45) is 0.378. The van der Waals surface area contributed by atoms with Crippen molar-refractivity contribution in [2.45, 2.75) is 32.9 Å². The summed E-state index contributed by atoms with van der Waals surface area (Å²) >= 11 is 0. The van der Waals surface area contributed by atoms with E-state index in [1.165, 1.54) is 18.9 Å². The summed E-state index contributed by atoms with van der Waals surface area (Å²) < 4.78 is 38.2. The van der Waals surface area contributed by atoms with Crippen molar-refractivity contribution in [3.8, 4) is 11.5 Å². The van der Waals surface area contributed by atoms with Gasteiger partial charge in [0.1, 0.15) is 25.8 Å². The monoisotopic (exact) mass is 489 g/mol. The maximum Gasteiger partial charge on any atom is 0.244 e. The molecule has 2 amide bonds. The molecule has 184 valence electrons. The number of likely N-dealkylation sites (N-methyl/N-ethyl adjacent to an activating group) is 1. The molecule has 1 aliphatic rings. The van der Waals surface area contributed by atoms with Crippen LogP contribution in [0.4, 0.5) is 5.69 Å². The summed E-state index contributed by atoms with van der Waals surface area (Å²) in [7, 11) is -2.30. The Morgan fingerprint density at radius 2 is 1.71 bits per heavy atom. The third kappa shape index (κ3) is 5.80. The van der Waals surface area contributed by atoms with Crippen molar-refractivity contribution >= 4 is 27.5 Å². The molecule has 0 unspecified atom stereocenters. The van der Waals surface area contributed by atoms with Crippen molar-refractivity contribution in [2.75, 3.05) is 36.9 Å². The fourth-order valence-electron chi connectivity index (χ4n) is 3.77. The van der Waals surface area contributed by atoms with E-state index in [9.17, 15) is 18.0 Å². The first-order valence-corrected chi connectivity index (χ1v) is 12.9. The molecule has 0 aromatic heterocycles. The molecule has 0 fully saturated rings. The van der Waals surface area contributed by atoms with Gasteiger partial charge in [-0.15, -0.1) is 0 Å². The lowest BCUT2D eigenvalue weighted by Crippen LogP contribution is -2.52. The molecule has 1 aliphatic heterocycles. The normalized spacial score (nSPS) is 13.6. The van der Waals surface area contributed by atoms with E-state index < -0.39 is 28.5 Å². The van der Waals surface area contributed by atoms with E-state index >= 15 is 0 Å². The summed E-state index contributed by atoms with van der Waals surface area (Å²) in [6.45, 7) is 3.82. The van der Waals surface area contributed by atoms with Crippen LogP contribution in [0.1, 0.15) is 25.8 Å². The number of benzene rings is 2. The van der Waals surface area contributed by atoms with Gasteiger partial charge in [-0.05, 0) is 31.0 Å². The Morgan fingerprint density at radius 3 is 2.32 bits per heavy atom. The number of amides is 2. The van der Waals surface area contributed by atoms with Crippen molar-refractivity contribution in [2.24, 2.45) is 0 Å². The predicted molar refractivity (Wildman–Crippen MR) is 129 cm³/mol. The largest absolute Gasteiger partial charge is 0.486 e. The smallest absolute Gasteiger partial charge is 0.244 e. The van der Waals surface area contributed by atoms with Crippen LogP contribution in [0.25, 0.3) is 0 Å². The Bertz CT molecular complexity index is 1110. The fourth-order valence-corrected chi connectivity index (χ4v) is 4.83. The molecule has 2 aromatic carbocycles. The van der Waals surface area contributed by atoms with Gasteiger partial charge in [0, 0.05) is 19.7 Å². The first kappa shape index (κ1) is 25.4. The highest BCUT2D eigenvalue weighted by Crippen LogP contribution is 2.35. The summed E-state index contributed by atoms with van der Waals surface area (Å²) in [6, 6.07) is 13.3. The average Bonchev–Trinajstić information content (AvgIpc) is 2.87. The fraction of sp³-hybridized carbons (Fsp3) is 0.417. The SMILES string of the molecule is CC[C@H](C(=O)NC)N(Cc1ccccc1)C(=O)CN(c1ccc2c(c1)OCCO2)S(=O)(=O)CC. The van der Waals surface area contributed by atoms with Crippen LogP contribution in [0.15, 0.2) is 48.5 Å². The summed E-state index contributed by atoms with van der Waals surface area (Å²) in [5, 5.41) is 2.60. The Morgan fingerprint density at radius 1 is 1.03 bits per heavy atom. The van der Waals surface area contributed by atoms with E-state index in [4.69, 9.17) is 9.47 Å². The number of ether oxygens (including phenoxy) is 2. The third-order valence-electron chi connectivity index (χ3n) is 5.62. The second kappa shape index (κ2) is 11.2. The maximum absolute atomic E-state index is 13.6. The zero-order valence-corrected chi connectivity index (χ0v) is 20.5. The van der Waals surface area contributed by atoms with Gasteiger partial charge in [-0.25, -0.2) is 8.42 Å². The molecule has 0 radical (unpaired) electrons. The lowest BCUT2D eigenvalue weighted by Gasteiger charge is -2.33. The zero-order valence-electron chi connectivity index (χ0n) is 19.7. The van der Waals surface area contributed by atoms with Gasteiger partial charge in [-0.1, -0.05) is 37.3 Å². The molecule has 2 aromatic rings. The molecule has 34 heavy (non-hydrogen) atoms. The minimum atomic E-state index is -3.81. The van der Waals surface area contributed by atoms with Crippen LogP contribution in [0, 0.1) is 0 Å². The van der Waals surface area contributed by atoms with Crippen LogP contribution in [-0.2, 0) is 26.2 Å². The third-order valence-corrected chi connectivity index (χ3v) is 7.36. The molecule has 0 aliphatic carbocycles. The van der Waals surface area contributed by atoms with Crippen molar-refractivity contribution < 1.29 is 27.5 Å². The Kier molecular flexibility index (Phi) is 8.38. The van der Waals surface area contributed by atoms with Gasteiger partial charge in [-0.3, -0.25) is 13.9 Å². The second-order valence-electron chi connectivity index (χ2n) is 7.78. The maximum atomic E-state index is 13.6. The standard InChI is InChI=1S/C24H31N3O6S/c1-4-20(24(29)25-3)26(16-18-9-7-6-8-10-18)23(28)17-27(34(30,31)5-2)19-11-12-21-22(15-19)33-14-13-32-21/h6-12,15,20H,4-5,13-14,16-17H2,1-3H3,(H,25,29)/t20-/m1/s1. The minimum Gasteiger partial charge on any atom is -0.486 e. The number of anilines is 1. The van der Waals surface area contributed by atoms with E-state index in [0.717, 1.165) is 9.87 Å².